The van der Waals surface area contributed by atoms with E-state index in [9.17, 15) is 0 Å². The molecule has 60 valence electrons. The molecule has 11 heavy (non-hydrogen) atoms. The van der Waals surface area contributed by atoms with Crippen LogP contribution in [0, 0.1) is 5.92 Å². The van der Waals surface area contributed by atoms with Crippen LogP contribution < -0.4 is 5.32 Å². The van der Waals surface area contributed by atoms with Crippen LogP contribution in [0.3, 0.4) is 0 Å². The number of nitrogens with one attached hydrogen (secondary N) is 1. The van der Waals surface area contributed by atoms with Crippen molar-refractivity contribution in [3.63, 3.8) is 0 Å². The Bertz CT molecular complexity index is 218. The van der Waals surface area contributed by atoms with Gasteiger partial charge in [-0.25, -0.2) is 0 Å². The molecule has 0 aromatic carbocycles. The smallest absolute Gasteiger partial charge is 0.229 e. The van der Waals surface area contributed by atoms with Gasteiger partial charge >= 0.3 is 0 Å². The molecule has 4 heteroatoms. The lowest BCUT2D eigenvalue weighted by molar-refractivity contribution is 0.252. The number of rotatable bonds is 2. The molecule has 1 N–H and O–H groups in total. The van der Waals surface area contributed by atoms with Gasteiger partial charge in [-0.15, -0.1) is 0 Å². The Hall–Kier alpha value is -0.900. The van der Waals surface area contributed by atoms with Crippen LogP contribution in [0.1, 0.15) is 18.7 Å². The molecule has 1 fully saturated rings. The second-order valence-electron chi connectivity index (χ2n) is 2.99. The highest BCUT2D eigenvalue weighted by molar-refractivity contribution is 4.95. The van der Waals surface area contributed by atoms with E-state index in [0.29, 0.717) is 11.8 Å². The molecule has 2 rings (SSSR count). The van der Waals surface area contributed by atoms with Crippen molar-refractivity contribution in [3.05, 3.63) is 12.2 Å². The summed E-state index contributed by atoms with van der Waals surface area (Å²) in [6, 6.07) is 0. The molecular weight excluding hydrogens is 142 g/mol. The Morgan fingerprint density at radius 1 is 1.73 bits per heavy atom. The van der Waals surface area contributed by atoms with E-state index in [1.807, 2.05) is 0 Å². The van der Waals surface area contributed by atoms with E-state index in [0.717, 1.165) is 19.0 Å². The Kier molecular flexibility index (Phi) is 1.62. The first-order valence-corrected chi connectivity index (χ1v) is 3.85. The average Bonchev–Trinajstić information content (AvgIpc) is 2.32. The molecule has 0 saturated carbocycles. The zero-order valence-electron chi connectivity index (χ0n) is 6.45. The molecule has 1 aromatic rings. The molecule has 0 radical (unpaired) electrons. The maximum absolute atomic E-state index is 4.96. The number of nitrogens with zero attached hydrogens (tertiary/aromatic N) is 2. The minimum absolute atomic E-state index is 0.402. The molecule has 0 spiro atoms. The van der Waals surface area contributed by atoms with E-state index in [1.165, 1.54) is 6.33 Å². The minimum atomic E-state index is 0.402. The summed E-state index contributed by atoms with van der Waals surface area (Å²) < 4.78 is 4.96. The highest BCUT2D eigenvalue weighted by atomic mass is 16.5. The van der Waals surface area contributed by atoms with Gasteiger partial charge in [-0.05, 0) is 19.0 Å². The highest BCUT2D eigenvalue weighted by Gasteiger charge is 2.27. The van der Waals surface area contributed by atoms with E-state index in [4.69, 9.17) is 4.52 Å². The first-order chi connectivity index (χ1) is 5.38. The summed E-state index contributed by atoms with van der Waals surface area (Å²) in [5.41, 5.74) is 0. The minimum Gasteiger partial charge on any atom is -0.339 e. The Balaban J connectivity index is 2.04. The molecule has 0 bridgehead atoms. The van der Waals surface area contributed by atoms with Crippen molar-refractivity contribution in [3.8, 4) is 0 Å². The monoisotopic (exact) mass is 153 g/mol. The SMILES string of the molecule is CC(c1ncno1)C1CNC1. The molecule has 1 saturated heterocycles. The van der Waals surface area contributed by atoms with Gasteiger partial charge in [-0.1, -0.05) is 12.1 Å². The molecule has 1 unspecified atom stereocenters. The third-order valence-corrected chi connectivity index (χ3v) is 2.29. The Morgan fingerprint density at radius 3 is 3.00 bits per heavy atom. The summed E-state index contributed by atoms with van der Waals surface area (Å²) in [7, 11) is 0. The van der Waals surface area contributed by atoms with Gasteiger partial charge in [0.2, 0.25) is 5.89 Å². The van der Waals surface area contributed by atoms with E-state index in [2.05, 4.69) is 22.4 Å². The Labute approximate surface area is 65.0 Å². The lowest BCUT2D eigenvalue weighted by Gasteiger charge is -2.30. The fraction of sp³-hybridized carbons (Fsp3) is 0.714. The second kappa shape index (κ2) is 2.62. The highest BCUT2D eigenvalue weighted by Crippen LogP contribution is 2.24. The fourth-order valence-corrected chi connectivity index (χ4v) is 1.25. The van der Waals surface area contributed by atoms with Crippen LogP contribution in [-0.2, 0) is 0 Å². The molecule has 0 aliphatic carbocycles. The predicted octanol–water partition coefficient (Wildman–Crippen LogP) is 0.392. The second-order valence-corrected chi connectivity index (χ2v) is 2.99. The van der Waals surface area contributed by atoms with Crippen LogP contribution in [0.15, 0.2) is 10.9 Å². The molecule has 2 heterocycles. The molecule has 1 aliphatic rings. The quantitative estimate of drug-likeness (QED) is 0.667. The molecule has 0 amide bonds. The fourth-order valence-electron chi connectivity index (χ4n) is 1.25. The summed E-state index contributed by atoms with van der Waals surface area (Å²) in [6.07, 6.45) is 1.46. The molecule has 1 atom stereocenters. The van der Waals surface area contributed by atoms with Gasteiger partial charge in [0.1, 0.15) is 0 Å². The zero-order chi connectivity index (χ0) is 7.68. The van der Waals surface area contributed by atoms with Gasteiger partial charge in [0, 0.05) is 5.92 Å². The molecule has 1 aliphatic heterocycles. The van der Waals surface area contributed by atoms with E-state index < -0.39 is 0 Å². The van der Waals surface area contributed by atoms with Gasteiger partial charge < -0.3 is 9.84 Å². The maximum Gasteiger partial charge on any atom is 0.229 e. The first-order valence-electron chi connectivity index (χ1n) is 3.85. The van der Waals surface area contributed by atoms with Crippen molar-refractivity contribution in [2.45, 2.75) is 12.8 Å². The molecular formula is C7H11N3O. The zero-order valence-corrected chi connectivity index (χ0v) is 6.45. The van der Waals surface area contributed by atoms with Crippen molar-refractivity contribution in [2.75, 3.05) is 13.1 Å². The van der Waals surface area contributed by atoms with E-state index in [-0.39, 0.29) is 0 Å². The Morgan fingerprint density at radius 2 is 2.55 bits per heavy atom. The summed E-state index contributed by atoms with van der Waals surface area (Å²) in [6.45, 7) is 4.27. The normalized spacial score (nSPS) is 21.2. The van der Waals surface area contributed by atoms with E-state index in [1.54, 1.807) is 0 Å². The summed E-state index contributed by atoms with van der Waals surface area (Å²) in [4.78, 5) is 4.01. The van der Waals surface area contributed by atoms with Crippen molar-refractivity contribution in [1.29, 1.82) is 0 Å². The number of hydrogen-bond acceptors (Lipinski definition) is 4. The van der Waals surface area contributed by atoms with Gasteiger partial charge in [0.15, 0.2) is 6.33 Å². The average molecular weight is 153 g/mol. The largest absolute Gasteiger partial charge is 0.339 e. The number of aromatic nitrogens is 2. The lowest BCUT2D eigenvalue weighted by atomic mass is 9.89. The van der Waals surface area contributed by atoms with E-state index >= 15 is 0 Å². The standard InChI is InChI=1S/C7H11N3O/c1-5(6-2-8-3-6)7-9-4-10-11-7/h4-6,8H,2-3H2,1H3. The van der Waals surface area contributed by atoms with Crippen LogP contribution in [0.5, 0.6) is 0 Å². The van der Waals surface area contributed by atoms with Crippen molar-refractivity contribution >= 4 is 0 Å². The number of hydrogen-bond donors (Lipinski definition) is 1. The van der Waals surface area contributed by atoms with Crippen LogP contribution in [-0.4, -0.2) is 23.2 Å². The van der Waals surface area contributed by atoms with Gasteiger partial charge in [-0.3, -0.25) is 0 Å². The topological polar surface area (TPSA) is 51.0 Å². The van der Waals surface area contributed by atoms with Crippen molar-refractivity contribution < 1.29 is 4.52 Å². The summed E-state index contributed by atoms with van der Waals surface area (Å²) in [5.74, 6) is 1.84. The van der Waals surface area contributed by atoms with Gasteiger partial charge in [-0.2, -0.15) is 4.98 Å². The lowest BCUT2D eigenvalue weighted by Crippen LogP contribution is -2.44. The third-order valence-electron chi connectivity index (χ3n) is 2.29. The van der Waals surface area contributed by atoms with Crippen LogP contribution in [0.2, 0.25) is 0 Å². The molecule has 1 aromatic heterocycles. The maximum atomic E-state index is 4.96. The van der Waals surface area contributed by atoms with Crippen LogP contribution in [0.4, 0.5) is 0 Å². The predicted molar refractivity (Wildman–Crippen MR) is 39.1 cm³/mol. The summed E-state index contributed by atoms with van der Waals surface area (Å²) >= 11 is 0. The summed E-state index contributed by atoms with van der Waals surface area (Å²) in [5, 5.41) is 6.79. The van der Waals surface area contributed by atoms with Gasteiger partial charge in [0.25, 0.3) is 0 Å². The third kappa shape index (κ3) is 1.14. The van der Waals surface area contributed by atoms with Crippen LogP contribution >= 0.6 is 0 Å². The van der Waals surface area contributed by atoms with Gasteiger partial charge in [0.05, 0.1) is 0 Å². The first kappa shape index (κ1) is 6.79. The van der Waals surface area contributed by atoms with Crippen LogP contribution in [0.25, 0.3) is 0 Å². The molecule has 4 nitrogen and oxygen atoms in total. The van der Waals surface area contributed by atoms with Crippen molar-refractivity contribution in [1.82, 2.24) is 15.5 Å². The van der Waals surface area contributed by atoms with Crippen molar-refractivity contribution in [2.24, 2.45) is 5.92 Å².